The maximum absolute atomic E-state index is 12.9. The molecule has 1 heterocycles. The lowest BCUT2D eigenvalue weighted by Gasteiger charge is -2.16. The van der Waals surface area contributed by atoms with Crippen LogP contribution in [0.25, 0.3) is 6.08 Å². The van der Waals surface area contributed by atoms with Crippen LogP contribution in [0, 0.1) is 6.92 Å². The second-order valence-corrected chi connectivity index (χ2v) is 6.86. The number of aliphatic hydroxyl groups excluding tert-OH is 1. The fraction of sp³-hybridized carbons (Fsp3) is 0.304. The minimum atomic E-state index is -0.478. The molecular weight excluding hydrogens is 384 g/mol. The zero-order valence-corrected chi connectivity index (χ0v) is 17.2. The molecule has 2 N–H and O–H groups in total. The van der Waals surface area contributed by atoms with Crippen LogP contribution in [0.1, 0.15) is 30.9 Å². The Kier molecular flexibility index (Phi) is 7.08. The van der Waals surface area contributed by atoms with E-state index in [-0.39, 0.29) is 12.2 Å². The van der Waals surface area contributed by atoms with Gasteiger partial charge in [0.25, 0.3) is 11.8 Å². The Bertz CT molecular complexity index is 940. The molecule has 0 spiro atoms. The quantitative estimate of drug-likeness (QED) is 0.377. The number of para-hydroxylation sites is 1. The molecule has 2 aromatic rings. The monoisotopic (exact) mass is 410 g/mol. The fourth-order valence-electron chi connectivity index (χ4n) is 3.08. The summed E-state index contributed by atoms with van der Waals surface area (Å²) in [5.41, 5.74) is 4.58. The van der Waals surface area contributed by atoms with Crippen molar-refractivity contribution in [3.63, 3.8) is 0 Å². The molecule has 1 aliphatic rings. The number of anilines is 1. The summed E-state index contributed by atoms with van der Waals surface area (Å²) in [6, 6.07) is 12.5. The highest BCUT2D eigenvalue weighted by molar-refractivity contribution is 6.31. The highest BCUT2D eigenvalue weighted by atomic mass is 16.5. The first-order valence-electron chi connectivity index (χ1n) is 9.99. The van der Waals surface area contributed by atoms with Crippen LogP contribution < -0.4 is 19.9 Å². The molecule has 7 heteroatoms. The molecule has 1 saturated heterocycles. The van der Waals surface area contributed by atoms with Crippen LogP contribution in [-0.4, -0.2) is 36.7 Å². The number of carbonyl (C=O) groups is 2. The lowest BCUT2D eigenvalue weighted by Crippen LogP contribution is -2.35. The van der Waals surface area contributed by atoms with E-state index in [2.05, 4.69) is 5.43 Å². The molecule has 0 saturated carbocycles. The van der Waals surface area contributed by atoms with Gasteiger partial charge in [0.15, 0.2) is 0 Å². The summed E-state index contributed by atoms with van der Waals surface area (Å²) in [5.74, 6) is 0.306. The number of hydrogen-bond donors (Lipinski definition) is 2. The second kappa shape index (κ2) is 9.93. The van der Waals surface area contributed by atoms with E-state index in [4.69, 9.17) is 14.6 Å². The number of amides is 2. The summed E-state index contributed by atoms with van der Waals surface area (Å²) in [4.78, 5) is 25.4. The van der Waals surface area contributed by atoms with Gasteiger partial charge in [0, 0.05) is 24.2 Å². The predicted octanol–water partition coefficient (Wildman–Crippen LogP) is 3.01. The SMILES string of the molecule is CCCOc1ccc(C=C2C(=O)NN(c3ccccc3)C2=O)c(OCCCO)c1C. The van der Waals surface area contributed by atoms with Gasteiger partial charge in [-0.25, -0.2) is 5.01 Å². The van der Waals surface area contributed by atoms with Crippen LogP contribution >= 0.6 is 0 Å². The van der Waals surface area contributed by atoms with Crippen molar-refractivity contribution >= 4 is 23.6 Å². The summed E-state index contributed by atoms with van der Waals surface area (Å²) < 4.78 is 11.7. The number of carbonyl (C=O) groups excluding carboxylic acids is 2. The molecule has 0 aromatic heterocycles. The lowest BCUT2D eigenvalue weighted by molar-refractivity contribution is -0.117. The summed E-state index contributed by atoms with van der Waals surface area (Å²) in [7, 11) is 0. The normalized spacial score (nSPS) is 14.9. The molecule has 0 unspecified atom stereocenters. The van der Waals surface area contributed by atoms with Crippen molar-refractivity contribution in [1.82, 2.24) is 5.43 Å². The van der Waals surface area contributed by atoms with Gasteiger partial charge in [-0.15, -0.1) is 0 Å². The Hall–Kier alpha value is -3.32. The van der Waals surface area contributed by atoms with E-state index in [0.717, 1.165) is 12.0 Å². The molecule has 158 valence electrons. The zero-order valence-electron chi connectivity index (χ0n) is 17.2. The highest BCUT2D eigenvalue weighted by Gasteiger charge is 2.34. The van der Waals surface area contributed by atoms with Crippen molar-refractivity contribution < 1.29 is 24.2 Å². The maximum atomic E-state index is 12.9. The first kappa shape index (κ1) is 21.4. The van der Waals surface area contributed by atoms with Crippen molar-refractivity contribution in [1.29, 1.82) is 0 Å². The van der Waals surface area contributed by atoms with E-state index < -0.39 is 11.8 Å². The summed E-state index contributed by atoms with van der Waals surface area (Å²) >= 11 is 0. The van der Waals surface area contributed by atoms with E-state index >= 15 is 0 Å². The van der Waals surface area contributed by atoms with Gasteiger partial charge in [-0.05, 0) is 43.7 Å². The number of nitrogens with zero attached hydrogens (tertiary/aromatic N) is 1. The third-order valence-electron chi connectivity index (χ3n) is 4.60. The van der Waals surface area contributed by atoms with Gasteiger partial charge in [-0.1, -0.05) is 25.1 Å². The molecule has 30 heavy (non-hydrogen) atoms. The number of hydrazine groups is 1. The highest BCUT2D eigenvalue weighted by Crippen LogP contribution is 2.34. The molecule has 7 nitrogen and oxygen atoms in total. The first-order chi connectivity index (χ1) is 14.6. The second-order valence-electron chi connectivity index (χ2n) is 6.86. The lowest BCUT2D eigenvalue weighted by atomic mass is 10.0. The zero-order chi connectivity index (χ0) is 21.5. The van der Waals surface area contributed by atoms with Crippen LogP contribution in [0.5, 0.6) is 11.5 Å². The minimum absolute atomic E-state index is 0.00836. The molecule has 0 aliphatic carbocycles. The van der Waals surface area contributed by atoms with Crippen molar-refractivity contribution in [2.45, 2.75) is 26.7 Å². The molecular formula is C23H26N2O5. The number of hydrogen-bond acceptors (Lipinski definition) is 5. The molecule has 1 aliphatic heterocycles. The van der Waals surface area contributed by atoms with Gasteiger partial charge in [0.1, 0.15) is 17.1 Å². The van der Waals surface area contributed by atoms with Gasteiger partial charge in [0.05, 0.1) is 18.9 Å². The fourth-order valence-corrected chi connectivity index (χ4v) is 3.08. The van der Waals surface area contributed by atoms with E-state index in [1.807, 2.05) is 26.0 Å². The smallest absolute Gasteiger partial charge is 0.282 e. The van der Waals surface area contributed by atoms with E-state index in [0.29, 0.717) is 42.4 Å². The minimum Gasteiger partial charge on any atom is -0.493 e. The van der Waals surface area contributed by atoms with E-state index in [1.165, 1.54) is 11.1 Å². The van der Waals surface area contributed by atoms with Crippen molar-refractivity contribution in [3.05, 3.63) is 59.2 Å². The molecule has 3 rings (SSSR count). The van der Waals surface area contributed by atoms with Gasteiger partial charge >= 0.3 is 0 Å². The molecule has 0 atom stereocenters. The van der Waals surface area contributed by atoms with Gasteiger partial charge in [-0.3, -0.25) is 15.0 Å². The Balaban J connectivity index is 1.95. The molecule has 2 aromatic carbocycles. The topological polar surface area (TPSA) is 88.1 Å². The van der Waals surface area contributed by atoms with Crippen LogP contribution in [0.4, 0.5) is 5.69 Å². The van der Waals surface area contributed by atoms with Crippen LogP contribution in [-0.2, 0) is 9.59 Å². The van der Waals surface area contributed by atoms with Gasteiger partial charge < -0.3 is 14.6 Å². The maximum Gasteiger partial charge on any atom is 0.282 e. The molecule has 0 bridgehead atoms. The Morgan fingerprint density at radius 3 is 2.53 bits per heavy atom. The van der Waals surface area contributed by atoms with Crippen molar-refractivity contribution in [2.24, 2.45) is 0 Å². The number of rotatable bonds is 9. The average Bonchev–Trinajstić information content (AvgIpc) is 3.04. The van der Waals surface area contributed by atoms with Crippen molar-refractivity contribution in [3.8, 4) is 11.5 Å². The van der Waals surface area contributed by atoms with E-state index in [9.17, 15) is 9.59 Å². The molecule has 0 radical (unpaired) electrons. The van der Waals surface area contributed by atoms with Gasteiger partial charge in [0.2, 0.25) is 0 Å². The van der Waals surface area contributed by atoms with Crippen molar-refractivity contribution in [2.75, 3.05) is 24.8 Å². The average molecular weight is 410 g/mol. The van der Waals surface area contributed by atoms with Crippen LogP contribution in [0.15, 0.2) is 48.0 Å². The summed E-state index contributed by atoms with van der Waals surface area (Å²) in [6.07, 6.45) is 2.87. The van der Waals surface area contributed by atoms with Crippen LogP contribution in [0.3, 0.4) is 0 Å². The largest absolute Gasteiger partial charge is 0.493 e. The Morgan fingerprint density at radius 2 is 1.83 bits per heavy atom. The third-order valence-corrected chi connectivity index (χ3v) is 4.60. The van der Waals surface area contributed by atoms with E-state index in [1.54, 1.807) is 30.3 Å². The predicted molar refractivity (Wildman–Crippen MR) is 114 cm³/mol. The number of nitrogens with one attached hydrogen (secondary N) is 1. The standard InChI is InChI=1S/C23H26N2O5/c1-3-13-29-20-11-10-17(21(16(20)2)30-14-7-12-26)15-19-22(27)24-25(23(19)28)18-8-5-4-6-9-18/h4-6,8-11,15,26H,3,7,12-14H2,1-2H3,(H,24,27). The molecule has 2 amide bonds. The molecule has 1 fully saturated rings. The number of benzene rings is 2. The van der Waals surface area contributed by atoms with Crippen LogP contribution in [0.2, 0.25) is 0 Å². The number of aliphatic hydroxyl groups is 1. The number of ether oxygens (including phenoxy) is 2. The Morgan fingerprint density at radius 1 is 1.07 bits per heavy atom. The third kappa shape index (κ3) is 4.63. The van der Waals surface area contributed by atoms with Gasteiger partial charge in [-0.2, -0.15) is 0 Å². The first-order valence-corrected chi connectivity index (χ1v) is 9.99. The summed E-state index contributed by atoms with van der Waals surface area (Å²) in [5, 5.41) is 10.3. The summed E-state index contributed by atoms with van der Waals surface area (Å²) in [6.45, 7) is 4.78. The Labute approximate surface area is 175 Å².